The van der Waals surface area contributed by atoms with Gasteiger partial charge in [-0.1, -0.05) is 24.4 Å². The third-order valence-corrected chi connectivity index (χ3v) is 1.64. The van der Waals surface area contributed by atoms with Crippen molar-refractivity contribution in [3.63, 3.8) is 0 Å². The number of nitrogens with one attached hydrogen (secondary N) is 1. The lowest BCUT2D eigenvalue weighted by molar-refractivity contribution is 0.628. The van der Waals surface area contributed by atoms with E-state index in [1.165, 1.54) is 17.5 Å². The van der Waals surface area contributed by atoms with Gasteiger partial charge in [-0.15, -0.1) is 0 Å². The molecule has 0 aromatic heterocycles. The average Bonchev–Trinajstić information content (AvgIpc) is 2.10. The van der Waals surface area contributed by atoms with Crippen molar-refractivity contribution < 1.29 is 4.39 Å². The van der Waals surface area contributed by atoms with E-state index >= 15 is 0 Å². The predicted molar refractivity (Wildman–Crippen MR) is 51.2 cm³/mol. The van der Waals surface area contributed by atoms with Crippen LogP contribution in [0.1, 0.15) is 5.56 Å². The van der Waals surface area contributed by atoms with Gasteiger partial charge in [0.25, 0.3) is 0 Å². The number of hydrogen-bond donors (Lipinski definition) is 1. The summed E-state index contributed by atoms with van der Waals surface area (Å²) in [6.07, 6.45) is 0. The molecule has 0 aliphatic heterocycles. The second kappa shape index (κ2) is 3.90. The number of allylic oxidation sites excluding steroid dienone is 1. The predicted octanol–water partition coefficient (Wildman–Crippen LogP) is 2.46. The van der Waals surface area contributed by atoms with Crippen LogP contribution in [0.15, 0.2) is 24.3 Å². The van der Waals surface area contributed by atoms with Crippen LogP contribution in [0.4, 0.5) is 4.39 Å². The Kier molecular flexibility index (Phi) is 2.86. The lowest BCUT2D eigenvalue weighted by Crippen LogP contribution is -1.84. The van der Waals surface area contributed by atoms with Crippen molar-refractivity contribution in [3.05, 3.63) is 35.6 Å². The van der Waals surface area contributed by atoms with Gasteiger partial charge in [-0.05, 0) is 23.6 Å². The molecular formula is C9H6FNS. The third-order valence-electron chi connectivity index (χ3n) is 1.41. The number of thiocarbonyl (C=S) groups is 1. The Morgan fingerprint density at radius 1 is 1.42 bits per heavy atom. The molecule has 0 radical (unpaired) electrons. The van der Waals surface area contributed by atoms with Gasteiger partial charge in [-0.25, -0.2) is 4.39 Å². The van der Waals surface area contributed by atoms with Crippen LogP contribution in [-0.4, -0.2) is 11.2 Å². The van der Waals surface area contributed by atoms with Crippen LogP contribution in [0.25, 0.3) is 5.57 Å². The van der Waals surface area contributed by atoms with Gasteiger partial charge < -0.3 is 0 Å². The maximum absolute atomic E-state index is 12.4. The molecule has 0 unspecified atom stereocenters. The molecule has 3 heteroatoms. The molecule has 1 rings (SSSR count). The zero-order chi connectivity index (χ0) is 8.97. The third kappa shape index (κ3) is 1.84. The quantitative estimate of drug-likeness (QED) is 0.421. The van der Waals surface area contributed by atoms with E-state index in [4.69, 9.17) is 5.41 Å². The SMILES string of the molecule is N=C=C(C=S)c1ccc(F)cc1. The van der Waals surface area contributed by atoms with Crippen LogP contribution in [-0.2, 0) is 0 Å². The lowest BCUT2D eigenvalue weighted by Gasteiger charge is -1.95. The highest BCUT2D eigenvalue weighted by Crippen LogP contribution is 2.09. The maximum Gasteiger partial charge on any atom is 0.123 e. The first-order valence-corrected chi connectivity index (χ1v) is 3.76. The molecule has 0 bridgehead atoms. The molecule has 1 N–H and O–H groups in total. The molecule has 0 saturated carbocycles. The highest BCUT2D eigenvalue weighted by atomic mass is 32.1. The van der Waals surface area contributed by atoms with Gasteiger partial charge in [0.1, 0.15) is 5.82 Å². The summed E-state index contributed by atoms with van der Waals surface area (Å²) in [5, 5.41) is 8.22. The van der Waals surface area contributed by atoms with Gasteiger partial charge >= 0.3 is 0 Å². The molecule has 12 heavy (non-hydrogen) atoms. The molecule has 0 fully saturated rings. The van der Waals surface area contributed by atoms with Crippen molar-refractivity contribution >= 4 is 29.0 Å². The van der Waals surface area contributed by atoms with Crippen molar-refractivity contribution in [2.75, 3.05) is 0 Å². The van der Waals surface area contributed by atoms with Crippen LogP contribution in [0.2, 0.25) is 0 Å². The van der Waals surface area contributed by atoms with E-state index in [9.17, 15) is 4.39 Å². The Balaban J connectivity index is 3.12. The van der Waals surface area contributed by atoms with Crippen LogP contribution in [0, 0.1) is 11.2 Å². The fourth-order valence-electron chi connectivity index (χ4n) is 0.799. The van der Waals surface area contributed by atoms with E-state index in [-0.39, 0.29) is 5.82 Å². The molecule has 0 heterocycles. The zero-order valence-electron chi connectivity index (χ0n) is 6.17. The highest BCUT2D eigenvalue weighted by molar-refractivity contribution is 7.79. The normalized spacial score (nSPS) is 8.75. The summed E-state index contributed by atoms with van der Waals surface area (Å²) in [6.45, 7) is 0. The van der Waals surface area contributed by atoms with E-state index in [1.54, 1.807) is 12.1 Å². The van der Waals surface area contributed by atoms with E-state index < -0.39 is 0 Å². The Hall–Kier alpha value is -1.31. The van der Waals surface area contributed by atoms with Gasteiger partial charge in [0.05, 0.1) is 5.57 Å². The van der Waals surface area contributed by atoms with Crippen LogP contribution in [0.5, 0.6) is 0 Å². The fraction of sp³-hybridized carbons (Fsp3) is 0. The van der Waals surface area contributed by atoms with Crippen LogP contribution >= 0.6 is 12.2 Å². The van der Waals surface area contributed by atoms with Crippen molar-refractivity contribution in [1.29, 1.82) is 5.41 Å². The molecule has 60 valence electrons. The van der Waals surface area contributed by atoms with E-state index in [0.29, 0.717) is 11.1 Å². The van der Waals surface area contributed by atoms with E-state index in [1.807, 2.05) is 0 Å². The summed E-state index contributed by atoms with van der Waals surface area (Å²) in [5.74, 6) is 1.87. The Bertz CT molecular complexity index is 336. The molecule has 1 nitrogen and oxygen atoms in total. The topological polar surface area (TPSA) is 23.9 Å². The Labute approximate surface area is 75.0 Å². The van der Waals surface area contributed by atoms with Gasteiger partial charge in [0.2, 0.25) is 0 Å². The second-order valence-corrected chi connectivity index (χ2v) is 2.40. The summed E-state index contributed by atoms with van der Waals surface area (Å²) in [7, 11) is 0. The fourth-order valence-corrected chi connectivity index (χ4v) is 0.994. The van der Waals surface area contributed by atoms with E-state index in [0.717, 1.165) is 0 Å². The average molecular weight is 179 g/mol. The van der Waals surface area contributed by atoms with Gasteiger partial charge in [-0.2, -0.15) is 0 Å². The maximum atomic E-state index is 12.4. The Morgan fingerprint density at radius 3 is 2.42 bits per heavy atom. The lowest BCUT2D eigenvalue weighted by atomic mass is 10.1. The minimum atomic E-state index is -0.299. The number of rotatable bonds is 2. The summed E-state index contributed by atoms with van der Waals surface area (Å²) >= 11 is 4.65. The minimum Gasteiger partial charge on any atom is -0.258 e. The summed E-state index contributed by atoms with van der Waals surface area (Å²) < 4.78 is 12.4. The van der Waals surface area contributed by atoms with Crippen molar-refractivity contribution in [2.24, 2.45) is 0 Å². The molecule has 0 atom stereocenters. The van der Waals surface area contributed by atoms with Crippen LogP contribution in [0.3, 0.4) is 0 Å². The standard InChI is InChI=1S/C9H6FNS/c10-9-3-1-7(2-4-9)8(5-11)6-12/h1-4,6,11H. The second-order valence-electron chi connectivity index (χ2n) is 2.16. The zero-order valence-corrected chi connectivity index (χ0v) is 6.99. The molecule has 1 aromatic carbocycles. The first-order valence-electron chi connectivity index (χ1n) is 3.28. The highest BCUT2D eigenvalue weighted by Gasteiger charge is 1.96. The van der Waals surface area contributed by atoms with Crippen molar-refractivity contribution in [1.82, 2.24) is 0 Å². The Morgan fingerprint density at radius 2 is 2.00 bits per heavy atom. The number of hydrogen-bond acceptors (Lipinski definition) is 2. The van der Waals surface area contributed by atoms with E-state index in [2.05, 4.69) is 18.1 Å². The molecule has 0 saturated heterocycles. The minimum absolute atomic E-state index is 0.299. The van der Waals surface area contributed by atoms with Crippen LogP contribution < -0.4 is 0 Å². The summed E-state index contributed by atoms with van der Waals surface area (Å²) in [5.41, 5.74) is 1.20. The molecule has 0 aliphatic rings. The van der Waals surface area contributed by atoms with Crippen molar-refractivity contribution in [2.45, 2.75) is 0 Å². The molecule has 0 amide bonds. The molecule has 0 spiro atoms. The van der Waals surface area contributed by atoms with Gasteiger partial charge in [0.15, 0.2) is 0 Å². The largest absolute Gasteiger partial charge is 0.258 e. The molecule has 1 aromatic rings. The molecular weight excluding hydrogens is 173 g/mol. The first kappa shape index (κ1) is 8.78. The van der Waals surface area contributed by atoms with Crippen molar-refractivity contribution in [3.8, 4) is 0 Å². The summed E-state index contributed by atoms with van der Waals surface area (Å²) in [4.78, 5) is 0. The number of halogens is 1. The smallest absolute Gasteiger partial charge is 0.123 e. The first-order chi connectivity index (χ1) is 5.77. The monoisotopic (exact) mass is 179 g/mol. The molecule has 0 aliphatic carbocycles. The summed E-state index contributed by atoms with van der Waals surface area (Å²) in [6, 6.07) is 5.78. The number of benzene rings is 1. The van der Waals surface area contributed by atoms with Gasteiger partial charge in [0, 0.05) is 5.37 Å². The van der Waals surface area contributed by atoms with Gasteiger partial charge in [-0.3, -0.25) is 5.41 Å².